The van der Waals surface area contributed by atoms with Crippen LogP contribution in [0, 0.1) is 5.92 Å². The minimum atomic E-state index is 0.107. The Kier molecular flexibility index (Phi) is 7.43. The maximum absolute atomic E-state index is 5.76. The third kappa shape index (κ3) is 6.07. The predicted molar refractivity (Wildman–Crippen MR) is 120 cm³/mol. The second-order valence-corrected chi connectivity index (χ2v) is 7.60. The molecule has 0 bridgehead atoms. The van der Waals surface area contributed by atoms with Gasteiger partial charge in [-0.25, -0.2) is 4.98 Å². The molecule has 0 radical (unpaired) electrons. The quantitative estimate of drug-likeness (QED) is 0.390. The first-order chi connectivity index (χ1) is 14.5. The maximum Gasteiger partial charge on any atom is 0.191 e. The number of aromatic nitrogens is 3. The van der Waals surface area contributed by atoms with E-state index in [4.69, 9.17) is 4.74 Å². The number of hydrogen-bond acceptors (Lipinski definition) is 4. The largest absolute Gasteiger partial charge is 0.493 e. The van der Waals surface area contributed by atoms with Gasteiger partial charge in [-0.05, 0) is 42.2 Å². The lowest BCUT2D eigenvalue weighted by molar-refractivity contribution is 0.271. The van der Waals surface area contributed by atoms with Crippen LogP contribution in [0.3, 0.4) is 0 Å². The van der Waals surface area contributed by atoms with E-state index in [9.17, 15) is 0 Å². The van der Waals surface area contributed by atoms with Gasteiger partial charge in [0.1, 0.15) is 12.1 Å². The number of H-pyrrole nitrogens is 1. The van der Waals surface area contributed by atoms with Crippen molar-refractivity contribution in [1.29, 1.82) is 0 Å². The fraction of sp³-hybridized carbons (Fsp3) is 0.348. The van der Waals surface area contributed by atoms with Crippen LogP contribution in [0.5, 0.6) is 5.75 Å². The Bertz CT molecular complexity index is 935. The molecule has 0 aliphatic heterocycles. The van der Waals surface area contributed by atoms with Gasteiger partial charge < -0.3 is 15.4 Å². The summed E-state index contributed by atoms with van der Waals surface area (Å²) < 4.78 is 5.76. The minimum Gasteiger partial charge on any atom is -0.493 e. The van der Waals surface area contributed by atoms with Crippen molar-refractivity contribution in [3.63, 3.8) is 0 Å². The van der Waals surface area contributed by atoms with Gasteiger partial charge in [0, 0.05) is 19.2 Å². The molecule has 3 N–H and O–H groups in total. The fourth-order valence-electron chi connectivity index (χ4n) is 2.96. The van der Waals surface area contributed by atoms with Gasteiger partial charge in [0.15, 0.2) is 11.8 Å². The van der Waals surface area contributed by atoms with Crippen molar-refractivity contribution in [2.24, 2.45) is 10.9 Å². The summed E-state index contributed by atoms with van der Waals surface area (Å²) in [5.74, 6) is 2.91. The van der Waals surface area contributed by atoms with E-state index in [2.05, 4.69) is 75.8 Å². The molecule has 1 unspecified atom stereocenters. The second kappa shape index (κ2) is 10.4. The lowest BCUT2D eigenvalue weighted by Gasteiger charge is -2.19. The predicted octanol–water partition coefficient (Wildman–Crippen LogP) is 3.93. The van der Waals surface area contributed by atoms with E-state index in [1.165, 1.54) is 11.9 Å². The molecule has 1 heterocycles. The summed E-state index contributed by atoms with van der Waals surface area (Å²) in [4.78, 5) is 8.55. The highest BCUT2D eigenvalue weighted by Crippen LogP contribution is 2.18. The van der Waals surface area contributed by atoms with Crippen LogP contribution in [0.15, 0.2) is 59.9 Å². The Hall–Kier alpha value is -3.35. The summed E-state index contributed by atoms with van der Waals surface area (Å²) >= 11 is 0. The Labute approximate surface area is 178 Å². The molecule has 0 aliphatic rings. The lowest BCUT2D eigenvalue weighted by Crippen LogP contribution is -2.38. The van der Waals surface area contributed by atoms with Crippen LogP contribution >= 0.6 is 0 Å². The number of nitrogens with one attached hydrogen (secondary N) is 3. The molecular weight excluding hydrogens is 376 g/mol. The highest BCUT2D eigenvalue weighted by atomic mass is 16.5. The van der Waals surface area contributed by atoms with Gasteiger partial charge in [0.05, 0.1) is 12.6 Å². The Balaban J connectivity index is 1.55. The molecule has 1 atom stereocenters. The zero-order valence-electron chi connectivity index (χ0n) is 18.0. The van der Waals surface area contributed by atoms with E-state index < -0.39 is 0 Å². The summed E-state index contributed by atoms with van der Waals surface area (Å²) in [6.45, 7) is 7.77. The van der Waals surface area contributed by atoms with Gasteiger partial charge in [-0.1, -0.05) is 44.2 Å². The van der Waals surface area contributed by atoms with Crippen LogP contribution < -0.4 is 15.4 Å². The van der Waals surface area contributed by atoms with Crippen LogP contribution in [-0.2, 0) is 6.54 Å². The molecule has 7 nitrogen and oxygen atoms in total. The highest BCUT2D eigenvalue weighted by Gasteiger charge is 2.09. The number of ether oxygens (including phenoxy) is 1. The second-order valence-electron chi connectivity index (χ2n) is 7.60. The molecule has 1 aromatic heterocycles. The zero-order valence-corrected chi connectivity index (χ0v) is 18.0. The Morgan fingerprint density at radius 3 is 2.60 bits per heavy atom. The lowest BCUT2D eigenvalue weighted by atomic mass is 10.1. The first-order valence-electron chi connectivity index (χ1n) is 10.2. The molecule has 0 saturated carbocycles. The van der Waals surface area contributed by atoms with Gasteiger partial charge in [-0.15, -0.1) is 0 Å². The molecule has 0 spiro atoms. The molecule has 0 amide bonds. The Morgan fingerprint density at radius 1 is 1.13 bits per heavy atom. The highest BCUT2D eigenvalue weighted by molar-refractivity contribution is 5.80. The summed E-state index contributed by atoms with van der Waals surface area (Å²) in [6, 6.07) is 16.5. The molecule has 0 aliphatic carbocycles. The third-order valence-corrected chi connectivity index (χ3v) is 4.62. The molecule has 3 aromatic rings. The average Bonchev–Trinajstić information content (AvgIpc) is 3.30. The van der Waals surface area contributed by atoms with E-state index in [0.29, 0.717) is 12.5 Å². The number of nitrogens with zero attached hydrogens (tertiary/aromatic N) is 3. The maximum atomic E-state index is 5.76. The van der Waals surface area contributed by atoms with Crippen LogP contribution in [0.25, 0.3) is 11.4 Å². The minimum absolute atomic E-state index is 0.107. The van der Waals surface area contributed by atoms with Gasteiger partial charge in [0.25, 0.3) is 0 Å². The topological polar surface area (TPSA) is 87.2 Å². The van der Waals surface area contributed by atoms with E-state index >= 15 is 0 Å². The smallest absolute Gasteiger partial charge is 0.191 e. The van der Waals surface area contributed by atoms with E-state index in [1.807, 2.05) is 24.3 Å². The molecule has 0 fully saturated rings. The number of aliphatic imine (C=N–C) groups is 1. The molecule has 3 rings (SSSR count). The van der Waals surface area contributed by atoms with Crippen molar-refractivity contribution in [2.45, 2.75) is 33.4 Å². The van der Waals surface area contributed by atoms with Crippen molar-refractivity contribution < 1.29 is 4.74 Å². The van der Waals surface area contributed by atoms with Crippen molar-refractivity contribution in [3.8, 4) is 17.1 Å². The molecule has 2 aromatic carbocycles. The van der Waals surface area contributed by atoms with E-state index in [0.717, 1.165) is 35.3 Å². The van der Waals surface area contributed by atoms with E-state index in [-0.39, 0.29) is 6.04 Å². The van der Waals surface area contributed by atoms with Crippen LogP contribution in [0.4, 0.5) is 0 Å². The van der Waals surface area contributed by atoms with Gasteiger partial charge in [-0.3, -0.25) is 10.1 Å². The monoisotopic (exact) mass is 406 g/mol. The Morgan fingerprint density at radius 2 is 1.93 bits per heavy atom. The van der Waals surface area contributed by atoms with Crippen LogP contribution in [-0.4, -0.2) is 34.8 Å². The number of guanidine groups is 1. The summed E-state index contributed by atoms with van der Waals surface area (Å²) in [5.41, 5.74) is 3.30. The van der Waals surface area contributed by atoms with Crippen molar-refractivity contribution >= 4 is 5.96 Å². The summed E-state index contributed by atoms with van der Waals surface area (Å²) in [6.07, 6.45) is 1.51. The van der Waals surface area contributed by atoms with Crippen LogP contribution in [0.2, 0.25) is 0 Å². The number of rotatable bonds is 8. The van der Waals surface area contributed by atoms with Gasteiger partial charge in [0.2, 0.25) is 0 Å². The molecular formula is C23H30N6O. The van der Waals surface area contributed by atoms with Gasteiger partial charge in [-0.2, -0.15) is 5.10 Å². The van der Waals surface area contributed by atoms with Crippen molar-refractivity contribution in [2.75, 3.05) is 13.7 Å². The zero-order chi connectivity index (χ0) is 21.3. The number of aromatic amines is 1. The normalized spacial score (nSPS) is 12.6. The molecule has 7 heteroatoms. The van der Waals surface area contributed by atoms with E-state index in [1.54, 1.807) is 7.05 Å². The molecule has 158 valence electrons. The van der Waals surface area contributed by atoms with Gasteiger partial charge >= 0.3 is 0 Å². The molecule has 30 heavy (non-hydrogen) atoms. The number of benzene rings is 2. The van der Waals surface area contributed by atoms with Crippen LogP contribution in [0.1, 0.15) is 37.9 Å². The first kappa shape index (κ1) is 21.4. The summed E-state index contributed by atoms with van der Waals surface area (Å²) in [5, 5.41) is 13.6. The number of hydrogen-bond donors (Lipinski definition) is 3. The standard InChI is InChI=1S/C23H30N6O/c1-16(2)14-30-21-10-8-19(9-11-21)17(3)28-23(24-4)25-13-18-6-5-7-20(12-18)22-26-15-27-29-22/h5-12,15-17H,13-14H2,1-4H3,(H2,24,25,28)(H,26,27,29). The SMILES string of the molecule is CN=C(NCc1cccc(-c2ncn[nH]2)c1)NC(C)c1ccc(OCC(C)C)cc1. The molecule has 0 saturated heterocycles. The summed E-state index contributed by atoms with van der Waals surface area (Å²) in [7, 11) is 1.77. The average molecular weight is 407 g/mol. The van der Waals surface area contributed by atoms with Crippen molar-refractivity contribution in [1.82, 2.24) is 25.8 Å². The van der Waals surface area contributed by atoms with Crippen molar-refractivity contribution in [3.05, 3.63) is 66.0 Å². The third-order valence-electron chi connectivity index (χ3n) is 4.62. The first-order valence-corrected chi connectivity index (χ1v) is 10.2. The fourth-order valence-corrected chi connectivity index (χ4v) is 2.96.